The molecule has 1 aliphatic heterocycles. The van der Waals surface area contributed by atoms with E-state index in [2.05, 4.69) is 21.2 Å². The molecule has 23 heavy (non-hydrogen) atoms. The lowest BCUT2D eigenvalue weighted by Gasteiger charge is -2.45. The Kier molecular flexibility index (Phi) is 5.34. The van der Waals surface area contributed by atoms with Gasteiger partial charge in [0, 0.05) is 16.9 Å². The standard InChI is InChI=1S/C17H22BrFN2O2/c18-11-3-1-2-10(8-11)15-16(23-7-6-20)13-5-4-12(19)9-14(13)17(22)21-15/h1-3,8,12-16H,4-7,9,20H2,(H,21,22). The summed E-state index contributed by atoms with van der Waals surface area (Å²) in [6.45, 7) is 0.867. The van der Waals surface area contributed by atoms with Gasteiger partial charge in [-0.15, -0.1) is 0 Å². The van der Waals surface area contributed by atoms with Gasteiger partial charge in [-0.2, -0.15) is 0 Å². The summed E-state index contributed by atoms with van der Waals surface area (Å²) in [5.41, 5.74) is 6.59. The molecule has 1 heterocycles. The van der Waals surface area contributed by atoms with Crippen LogP contribution in [-0.4, -0.2) is 31.3 Å². The molecule has 126 valence electrons. The third kappa shape index (κ3) is 3.59. The van der Waals surface area contributed by atoms with Crippen LogP contribution < -0.4 is 11.1 Å². The van der Waals surface area contributed by atoms with Gasteiger partial charge < -0.3 is 15.8 Å². The molecule has 0 spiro atoms. The predicted octanol–water partition coefficient (Wildman–Crippen LogP) is 2.72. The van der Waals surface area contributed by atoms with Crippen molar-refractivity contribution in [1.29, 1.82) is 0 Å². The highest BCUT2D eigenvalue weighted by atomic mass is 79.9. The van der Waals surface area contributed by atoms with Crippen LogP contribution in [0.25, 0.3) is 0 Å². The third-order valence-electron chi connectivity index (χ3n) is 4.86. The van der Waals surface area contributed by atoms with Gasteiger partial charge in [0.2, 0.25) is 5.91 Å². The van der Waals surface area contributed by atoms with Crippen LogP contribution in [0.4, 0.5) is 4.39 Å². The lowest BCUT2D eigenvalue weighted by atomic mass is 9.70. The number of alkyl halides is 1. The third-order valence-corrected chi connectivity index (χ3v) is 5.35. The van der Waals surface area contributed by atoms with Gasteiger partial charge in [-0.1, -0.05) is 28.1 Å². The molecule has 5 atom stereocenters. The van der Waals surface area contributed by atoms with Gasteiger partial charge in [-0.25, -0.2) is 4.39 Å². The fraction of sp³-hybridized carbons (Fsp3) is 0.588. The Morgan fingerprint density at radius 2 is 2.22 bits per heavy atom. The number of hydrogen-bond donors (Lipinski definition) is 2. The maximum Gasteiger partial charge on any atom is 0.224 e. The lowest BCUT2D eigenvalue weighted by molar-refractivity contribution is -0.144. The summed E-state index contributed by atoms with van der Waals surface area (Å²) in [5, 5.41) is 3.05. The summed E-state index contributed by atoms with van der Waals surface area (Å²) >= 11 is 3.47. The van der Waals surface area contributed by atoms with Crippen LogP contribution in [0, 0.1) is 11.8 Å². The number of amides is 1. The van der Waals surface area contributed by atoms with Crippen molar-refractivity contribution >= 4 is 21.8 Å². The zero-order chi connectivity index (χ0) is 16.4. The molecule has 1 saturated carbocycles. The van der Waals surface area contributed by atoms with Crippen LogP contribution in [-0.2, 0) is 9.53 Å². The molecule has 0 aromatic heterocycles. The van der Waals surface area contributed by atoms with E-state index in [0.29, 0.717) is 32.4 Å². The lowest BCUT2D eigenvalue weighted by Crippen LogP contribution is -2.55. The first kappa shape index (κ1) is 16.9. The van der Waals surface area contributed by atoms with E-state index in [1.807, 2.05) is 24.3 Å². The van der Waals surface area contributed by atoms with Crippen molar-refractivity contribution in [3.05, 3.63) is 34.3 Å². The monoisotopic (exact) mass is 384 g/mol. The smallest absolute Gasteiger partial charge is 0.224 e. The molecule has 2 aliphatic rings. The van der Waals surface area contributed by atoms with Gasteiger partial charge in [-0.05, 0) is 42.9 Å². The van der Waals surface area contributed by atoms with Crippen LogP contribution in [0.5, 0.6) is 0 Å². The van der Waals surface area contributed by atoms with Crippen molar-refractivity contribution in [1.82, 2.24) is 5.32 Å². The molecule has 6 heteroatoms. The number of carbonyl (C=O) groups excluding carboxylic acids is 1. The van der Waals surface area contributed by atoms with Crippen LogP contribution in [0.1, 0.15) is 30.9 Å². The molecule has 0 bridgehead atoms. The number of nitrogens with two attached hydrogens (primary N) is 1. The SMILES string of the molecule is NCCOC1C(c2cccc(Br)c2)NC(=O)C2CC(F)CCC21. The summed E-state index contributed by atoms with van der Waals surface area (Å²) in [5.74, 6) is -0.314. The second kappa shape index (κ2) is 7.28. The van der Waals surface area contributed by atoms with Gasteiger partial charge in [0.25, 0.3) is 0 Å². The van der Waals surface area contributed by atoms with E-state index < -0.39 is 6.17 Å². The van der Waals surface area contributed by atoms with Gasteiger partial charge in [0.05, 0.1) is 18.8 Å². The van der Waals surface area contributed by atoms with E-state index in [4.69, 9.17) is 10.5 Å². The van der Waals surface area contributed by atoms with E-state index >= 15 is 0 Å². The van der Waals surface area contributed by atoms with Crippen molar-refractivity contribution in [3.63, 3.8) is 0 Å². The number of benzene rings is 1. The Morgan fingerprint density at radius 1 is 1.39 bits per heavy atom. The molecular formula is C17H22BrFN2O2. The first-order valence-corrected chi connectivity index (χ1v) is 8.91. The molecule has 1 aromatic rings. The molecule has 4 nitrogen and oxygen atoms in total. The Labute approximate surface area is 144 Å². The van der Waals surface area contributed by atoms with Gasteiger partial charge >= 0.3 is 0 Å². The molecular weight excluding hydrogens is 363 g/mol. The normalized spacial score (nSPS) is 33.9. The second-order valence-corrected chi connectivity index (χ2v) is 7.26. The molecule has 1 saturated heterocycles. The Balaban J connectivity index is 1.89. The van der Waals surface area contributed by atoms with Crippen molar-refractivity contribution in [3.8, 4) is 0 Å². The Hall–Kier alpha value is -0.980. The van der Waals surface area contributed by atoms with E-state index in [1.165, 1.54) is 0 Å². The minimum atomic E-state index is -0.889. The highest BCUT2D eigenvalue weighted by Crippen LogP contribution is 2.43. The van der Waals surface area contributed by atoms with Crippen molar-refractivity contribution in [2.75, 3.05) is 13.2 Å². The van der Waals surface area contributed by atoms with Crippen LogP contribution in [0.3, 0.4) is 0 Å². The summed E-state index contributed by atoms with van der Waals surface area (Å²) in [6, 6.07) is 7.64. The zero-order valence-corrected chi connectivity index (χ0v) is 14.5. The predicted molar refractivity (Wildman–Crippen MR) is 89.5 cm³/mol. The van der Waals surface area contributed by atoms with Gasteiger partial charge in [-0.3, -0.25) is 4.79 Å². The van der Waals surface area contributed by atoms with Crippen LogP contribution >= 0.6 is 15.9 Å². The molecule has 3 N–H and O–H groups in total. The Morgan fingerprint density at radius 3 is 2.96 bits per heavy atom. The summed E-state index contributed by atoms with van der Waals surface area (Å²) in [4.78, 5) is 12.5. The number of hydrogen-bond acceptors (Lipinski definition) is 3. The van der Waals surface area contributed by atoms with E-state index in [1.54, 1.807) is 0 Å². The number of piperidine rings is 1. The summed E-state index contributed by atoms with van der Waals surface area (Å²) in [6.07, 6.45) is 0.424. The second-order valence-electron chi connectivity index (χ2n) is 6.35. The van der Waals surface area contributed by atoms with Crippen molar-refractivity contribution < 1.29 is 13.9 Å². The number of nitrogens with one attached hydrogen (secondary N) is 1. The first-order chi connectivity index (χ1) is 11.1. The molecule has 1 aromatic carbocycles. The van der Waals surface area contributed by atoms with Crippen LogP contribution in [0.15, 0.2) is 28.7 Å². The fourth-order valence-electron chi connectivity index (χ4n) is 3.82. The highest BCUT2D eigenvalue weighted by molar-refractivity contribution is 9.10. The number of rotatable bonds is 4. The summed E-state index contributed by atoms with van der Waals surface area (Å²) < 4.78 is 20.7. The van der Waals surface area contributed by atoms with E-state index in [9.17, 15) is 9.18 Å². The molecule has 0 radical (unpaired) electrons. The quantitative estimate of drug-likeness (QED) is 0.838. The van der Waals surface area contributed by atoms with Gasteiger partial charge in [0.15, 0.2) is 0 Å². The number of halogens is 2. The molecule has 1 amide bonds. The largest absolute Gasteiger partial charge is 0.374 e. The average Bonchev–Trinajstić information content (AvgIpc) is 2.54. The molecule has 2 fully saturated rings. The molecule has 5 unspecified atom stereocenters. The van der Waals surface area contributed by atoms with E-state index in [0.717, 1.165) is 10.0 Å². The summed E-state index contributed by atoms with van der Waals surface area (Å²) in [7, 11) is 0. The Bertz CT molecular complexity index is 571. The highest BCUT2D eigenvalue weighted by Gasteiger charge is 2.47. The molecule has 1 aliphatic carbocycles. The number of ether oxygens (including phenoxy) is 1. The van der Waals surface area contributed by atoms with E-state index in [-0.39, 0.29) is 29.9 Å². The van der Waals surface area contributed by atoms with Crippen molar-refractivity contribution in [2.24, 2.45) is 17.6 Å². The number of fused-ring (bicyclic) bond motifs is 1. The minimum Gasteiger partial charge on any atom is -0.374 e. The maximum atomic E-state index is 13.7. The average molecular weight is 385 g/mol. The zero-order valence-electron chi connectivity index (χ0n) is 12.9. The topological polar surface area (TPSA) is 64.3 Å². The minimum absolute atomic E-state index is 0.0475. The van der Waals surface area contributed by atoms with Gasteiger partial charge in [0.1, 0.15) is 6.17 Å². The maximum absolute atomic E-state index is 13.7. The van der Waals surface area contributed by atoms with Crippen molar-refractivity contribution in [2.45, 2.75) is 37.6 Å². The number of carbonyl (C=O) groups is 1. The van der Waals surface area contributed by atoms with Crippen LogP contribution in [0.2, 0.25) is 0 Å². The first-order valence-electron chi connectivity index (χ1n) is 8.11. The fourth-order valence-corrected chi connectivity index (χ4v) is 4.24. The molecule has 3 rings (SSSR count).